The Labute approximate surface area is 96.0 Å². The molecule has 1 aromatic carbocycles. The Morgan fingerprint density at radius 2 is 2.00 bits per heavy atom. The summed E-state index contributed by atoms with van der Waals surface area (Å²) in [6, 6.07) is 9.14. The van der Waals surface area contributed by atoms with Gasteiger partial charge < -0.3 is 5.11 Å². The molecule has 0 atom stereocenters. The molecule has 16 heavy (non-hydrogen) atoms. The van der Waals surface area contributed by atoms with E-state index in [2.05, 4.69) is 9.97 Å². The lowest BCUT2D eigenvalue weighted by Gasteiger charge is -1.98. The summed E-state index contributed by atoms with van der Waals surface area (Å²) < 4.78 is 1.08. The summed E-state index contributed by atoms with van der Waals surface area (Å²) in [5, 5.41) is 10.6. The van der Waals surface area contributed by atoms with E-state index < -0.39 is 0 Å². The number of thiazole rings is 1. The Bertz CT molecular complexity index is 615. The van der Waals surface area contributed by atoms with Gasteiger partial charge in [-0.05, 0) is 18.2 Å². The maximum absolute atomic E-state index is 9.74. The molecule has 1 N–H and O–H groups in total. The Morgan fingerprint density at radius 1 is 1.12 bits per heavy atom. The molecule has 0 radical (unpaired) electrons. The molecular weight excluding hydrogens is 220 g/mol. The van der Waals surface area contributed by atoms with Gasteiger partial charge in [-0.1, -0.05) is 12.1 Å². The first-order chi connectivity index (χ1) is 7.84. The quantitative estimate of drug-likeness (QED) is 0.696. The van der Waals surface area contributed by atoms with E-state index in [0.29, 0.717) is 0 Å². The van der Waals surface area contributed by atoms with E-state index in [4.69, 9.17) is 0 Å². The Kier molecular flexibility index (Phi) is 2.08. The van der Waals surface area contributed by atoms with Gasteiger partial charge in [0, 0.05) is 6.20 Å². The van der Waals surface area contributed by atoms with E-state index in [1.54, 1.807) is 35.9 Å². The lowest BCUT2D eigenvalue weighted by Crippen LogP contribution is -1.76. The topological polar surface area (TPSA) is 46.0 Å². The molecule has 4 heteroatoms. The highest BCUT2D eigenvalue weighted by atomic mass is 32.1. The number of aromatic hydroxyl groups is 1. The van der Waals surface area contributed by atoms with Gasteiger partial charge in [0.25, 0.3) is 0 Å². The number of fused-ring (bicyclic) bond motifs is 1. The molecule has 78 valence electrons. The van der Waals surface area contributed by atoms with Crippen molar-refractivity contribution in [1.82, 2.24) is 9.97 Å². The lowest BCUT2D eigenvalue weighted by molar-refractivity contribution is 0.477. The van der Waals surface area contributed by atoms with Gasteiger partial charge in [-0.3, -0.25) is 4.98 Å². The van der Waals surface area contributed by atoms with Crippen LogP contribution in [-0.4, -0.2) is 15.1 Å². The van der Waals surface area contributed by atoms with Gasteiger partial charge in [-0.2, -0.15) is 0 Å². The first kappa shape index (κ1) is 9.30. The van der Waals surface area contributed by atoms with Crippen LogP contribution >= 0.6 is 11.3 Å². The van der Waals surface area contributed by atoms with Gasteiger partial charge in [0.1, 0.15) is 16.3 Å². The predicted octanol–water partition coefficient (Wildman–Crippen LogP) is 3.06. The van der Waals surface area contributed by atoms with Crippen LogP contribution < -0.4 is 0 Å². The highest BCUT2D eigenvalue weighted by Crippen LogP contribution is 2.34. The second-order valence-corrected chi connectivity index (χ2v) is 4.41. The first-order valence-electron chi connectivity index (χ1n) is 4.83. The summed E-state index contributed by atoms with van der Waals surface area (Å²) in [7, 11) is 0. The van der Waals surface area contributed by atoms with Crippen molar-refractivity contribution in [1.29, 1.82) is 0 Å². The van der Waals surface area contributed by atoms with E-state index in [1.807, 2.05) is 18.2 Å². The van der Waals surface area contributed by atoms with Crippen molar-refractivity contribution in [2.24, 2.45) is 0 Å². The largest absolute Gasteiger partial charge is 0.507 e. The average molecular weight is 228 g/mol. The normalized spacial score (nSPS) is 10.8. The van der Waals surface area contributed by atoms with Gasteiger partial charge in [-0.25, -0.2) is 4.98 Å². The lowest BCUT2D eigenvalue weighted by atomic mass is 10.2. The number of phenols is 1. The predicted molar refractivity (Wildman–Crippen MR) is 64.5 cm³/mol. The van der Waals surface area contributed by atoms with Gasteiger partial charge in [0.2, 0.25) is 0 Å². The molecule has 0 amide bonds. The molecule has 0 unspecified atom stereocenters. The number of pyridine rings is 1. The molecule has 0 bridgehead atoms. The molecule has 3 aromatic rings. The summed E-state index contributed by atoms with van der Waals surface area (Å²) >= 11 is 1.55. The second-order valence-electron chi connectivity index (χ2n) is 3.38. The zero-order valence-electron chi connectivity index (χ0n) is 8.29. The fourth-order valence-electron chi connectivity index (χ4n) is 1.55. The van der Waals surface area contributed by atoms with E-state index in [9.17, 15) is 5.11 Å². The molecule has 0 aliphatic heterocycles. The van der Waals surface area contributed by atoms with Crippen LogP contribution in [0.5, 0.6) is 5.75 Å². The van der Waals surface area contributed by atoms with Crippen molar-refractivity contribution in [2.45, 2.75) is 0 Å². The molecule has 0 spiro atoms. The van der Waals surface area contributed by atoms with Crippen molar-refractivity contribution in [3.8, 4) is 16.3 Å². The molecule has 3 nitrogen and oxygen atoms in total. The van der Waals surface area contributed by atoms with Crippen LogP contribution in [-0.2, 0) is 0 Å². The molecule has 2 heterocycles. The maximum atomic E-state index is 9.74. The molecule has 0 aliphatic carbocycles. The Hall–Kier alpha value is -1.94. The van der Waals surface area contributed by atoms with Crippen LogP contribution in [0.1, 0.15) is 0 Å². The average Bonchev–Trinajstić information content (AvgIpc) is 2.73. The van der Waals surface area contributed by atoms with E-state index in [1.165, 1.54) is 0 Å². The van der Waals surface area contributed by atoms with Crippen LogP contribution in [0.4, 0.5) is 0 Å². The van der Waals surface area contributed by atoms with Crippen LogP contribution in [0.3, 0.4) is 0 Å². The summed E-state index contributed by atoms with van der Waals surface area (Å²) in [6.07, 6.45) is 3.48. The maximum Gasteiger partial charge on any atom is 0.128 e. The van der Waals surface area contributed by atoms with Crippen molar-refractivity contribution >= 4 is 21.6 Å². The zero-order chi connectivity index (χ0) is 11.0. The summed E-state index contributed by atoms with van der Waals surface area (Å²) in [5.41, 5.74) is 1.63. The van der Waals surface area contributed by atoms with Crippen LogP contribution in [0.25, 0.3) is 20.8 Å². The molecule has 0 aliphatic rings. The van der Waals surface area contributed by atoms with E-state index in [-0.39, 0.29) is 5.75 Å². The second kappa shape index (κ2) is 3.57. The first-order valence-corrected chi connectivity index (χ1v) is 5.65. The fourth-order valence-corrected chi connectivity index (χ4v) is 2.52. The smallest absolute Gasteiger partial charge is 0.128 e. The number of nitrogens with zero attached hydrogens (tertiary/aromatic N) is 2. The minimum absolute atomic E-state index is 0.259. The number of hydrogen-bond acceptors (Lipinski definition) is 4. The number of benzene rings is 1. The van der Waals surface area contributed by atoms with Gasteiger partial charge in [-0.15, -0.1) is 11.3 Å². The molecule has 0 fully saturated rings. The van der Waals surface area contributed by atoms with Crippen LogP contribution in [0.2, 0.25) is 0 Å². The van der Waals surface area contributed by atoms with E-state index in [0.717, 1.165) is 20.8 Å². The van der Waals surface area contributed by atoms with Crippen molar-refractivity contribution < 1.29 is 5.11 Å². The SMILES string of the molecule is Oc1ccccc1-c1nc2cnccc2s1. The van der Waals surface area contributed by atoms with Crippen molar-refractivity contribution in [2.75, 3.05) is 0 Å². The van der Waals surface area contributed by atoms with Crippen molar-refractivity contribution in [3.63, 3.8) is 0 Å². The third kappa shape index (κ3) is 1.44. The number of rotatable bonds is 1. The third-order valence-corrected chi connectivity index (χ3v) is 3.39. The Balaban J connectivity index is 2.23. The molecule has 2 aromatic heterocycles. The Morgan fingerprint density at radius 3 is 2.81 bits per heavy atom. The molecule has 3 rings (SSSR count). The van der Waals surface area contributed by atoms with Gasteiger partial charge >= 0.3 is 0 Å². The number of phenolic OH excluding ortho intramolecular Hbond substituents is 1. The number of aromatic nitrogens is 2. The number of para-hydroxylation sites is 1. The zero-order valence-corrected chi connectivity index (χ0v) is 9.11. The summed E-state index contributed by atoms with van der Waals surface area (Å²) in [6.45, 7) is 0. The van der Waals surface area contributed by atoms with E-state index >= 15 is 0 Å². The number of hydrogen-bond donors (Lipinski definition) is 1. The summed E-state index contributed by atoms with van der Waals surface area (Å²) in [5.74, 6) is 0.259. The fraction of sp³-hybridized carbons (Fsp3) is 0. The minimum Gasteiger partial charge on any atom is -0.507 e. The standard InChI is InChI=1S/C12H8N2OS/c15-10-4-2-1-3-8(10)12-14-9-7-13-6-5-11(9)16-12/h1-7,15H. The van der Waals surface area contributed by atoms with Gasteiger partial charge in [0.05, 0.1) is 16.5 Å². The monoisotopic (exact) mass is 228 g/mol. The highest BCUT2D eigenvalue weighted by Gasteiger charge is 2.08. The highest BCUT2D eigenvalue weighted by molar-refractivity contribution is 7.21. The van der Waals surface area contributed by atoms with Crippen molar-refractivity contribution in [3.05, 3.63) is 42.7 Å². The molecule has 0 saturated carbocycles. The van der Waals surface area contributed by atoms with Gasteiger partial charge in [0.15, 0.2) is 0 Å². The van der Waals surface area contributed by atoms with Crippen LogP contribution in [0.15, 0.2) is 42.7 Å². The molecule has 0 saturated heterocycles. The molecular formula is C12H8N2OS. The van der Waals surface area contributed by atoms with Crippen LogP contribution in [0, 0.1) is 0 Å². The summed E-state index contributed by atoms with van der Waals surface area (Å²) in [4.78, 5) is 8.46. The minimum atomic E-state index is 0.259. The third-order valence-electron chi connectivity index (χ3n) is 2.32.